The lowest BCUT2D eigenvalue weighted by Crippen LogP contribution is -2.38. The molecule has 1 saturated carbocycles. The normalized spacial score (nSPS) is 17.3. The number of piperidine rings is 1. The lowest BCUT2D eigenvalue weighted by atomic mass is 9.92. The molecule has 2 amide bonds. The van der Waals surface area contributed by atoms with E-state index in [0.717, 1.165) is 75.8 Å². The van der Waals surface area contributed by atoms with Crippen LogP contribution in [0.25, 0.3) is 6.08 Å². The molecule has 1 aliphatic carbocycles. The Labute approximate surface area is 247 Å². The summed E-state index contributed by atoms with van der Waals surface area (Å²) in [7, 11) is 0. The topological polar surface area (TPSA) is 61.4 Å². The van der Waals surface area contributed by atoms with Crippen molar-refractivity contribution in [2.75, 3.05) is 32.7 Å². The SMILES string of the molecule is O=C(/C=C/c1ccc(Cl)c(Cl)c1)NCCCCCN1CCC(CCNC(=O)C2(c3ccc(Cl)cc3)CC2)CC1. The Hall–Kier alpha value is -2.05. The lowest BCUT2D eigenvalue weighted by molar-refractivity contribution is -0.123. The molecule has 5 nitrogen and oxygen atoms in total. The summed E-state index contributed by atoms with van der Waals surface area (Å²) >= 11 is 17.9. The molecule has 8 heteroatoms. The summed E-state index contributed by atoms with van der Waals surface area (Å²) in [5, 5.41) is 7.83. The Morgan fingerprint density at radius 2 is 1.64 bits per heavy atom. The lowest BCUT2D eigenvalue weighted by Gasteiger charge is -2.32. The van der Waals surface area contributed by atoms with Gasteiger partial charge in [0.05, 0.1) is 15.5 Å². The third-order valence-electron chi connectivity index (χ3n) is 7.95. The summed E-state index contributed by atoms with van der Waals surface area (Å²) in [5.74, 6) is 0.747. The van der Waals surface area contributed by atoms with Gasteiger partial charge in [0.1, 0.15) is 0 Å². The van der Waals surface area contributed by atoms with Gasteiger partial charge >= 0.3 is 0 Å². The Kier molecular flexibility index (Phi) is 11.2. The number of carbonyl (C=O) groups is 2. The van der Waals surface area contributed by atoms with Crippen LogP contribution in [0.5, 0.6) is 0 Å². The van der Waals surface area contributed by atoms with E-state index in [1.807, 2.05) is 30.3 Å². The van der Waals surface area contributed by atoms with Crippen LogP contribution >= 0.6 is 34.8 Å². The molecule has 2 N–H and O–H groups in total. The summed E-state index contributed by atoms with van der Waals surface area (Å²) in [6, 6.07) is 13.0. The zero-order valence-corrected chi connectivity index (χ0v) is 24.6. The average Bonchev–Trinajstić information content (AvgIpc) is 3.75. The fourth-order valence-corrected chi connectivity index (χ4v) is 5.73. The van der Waals surface area contributed by atoms with Crippen LogP contribution in [0, 0.1) is 5.92 Å². The first kappa shape index (κ1) is 29.9. The van der Waals surface area contributed by atoms with Crippen molar-refractivity contribution in [1.29, 1.82) is 0 Å². The van der Waals surface area contributed by atoms with E-state index in [1.165, 1.54) is 18.9 Å². The van der Waals surface area contributed by atoms with Gasteiger partial charge in [0.2, 0.25) is 11.8 Å². The zero-order chi connectivity index (χ0) is 27.7. The predicted octanol–water partition coefficient (Wildman–Crippen LogP) is 6.90. The summed E-state index contributed by atoms with van der Waals surface area (Å²) in [6.45, 7) is 4.80. The number of rotatable bonds is 13. The minimum absolute atomic E-state index is 0.100. The fourth-order valence-electron chi connectivity index (χ4n) is 5.29. The molecule has 0 unspecified atom stereocenters. The summed E-state index contributed by atoms with van der Waals surface area (Å²) in [4.78, 5) is 27.4. The standard InChI is InChI=1S/C31H38Cl3N3O2/c32-26-8-6-25(7-9-26)31(15-16-31)30(39)36-18-12-23-13-20-37(21-14-23)19-3-1-2-17-35-29(38)11-5-24-4-10-27(33)28(34)22-24/h4-11,22-23H,1-3,12-21H2,(H,35,38)(H,36,39)/b11-5+. The number of benzene rings is 2. The average molecular weight is 591 g/mol. The van der Waals surface area contributed by atoms with Crippen LogP contribution in [-0.4, -0.2) is 49.4 Å². The van der Waals surface area contributed by atoms with Gasteiger partial charge in [0.15, 0.2) is 0 Å². The highest BCUT2D eigenvalue weighted by Gasteiger charge is 2.51. The number of nitrogens with zero attached hydrogens (tertiary/aromatic N) is 1. The molecule has 0 atom stereocenters. The van der Waals surface area contributed by atoms with Crippen molar-refractivity contribution in [2.45, 2.75) is 56.8 Å². The van der Waals surface area contributed by atoms with Crippen LogP contribution in [0.4, 0.5) is 0 Å². The van der Waals surface area contributed by atoms with Gasteiger partial charge < -0.3 is 15.5 Å². The number of halogens is 3. The van der Waals surface area contributed by atoms with Crippen molar-refractivity contribution in [3.63, 3.8) is 0 Å². The molecular formula is C31H38Cl3N3O2. The Bertz CT molecular complexity index is 1140. The summed E-state index contributed by atoms with van der Waals surface area (Å²) in [6.07, 6.45) is 11.7. The molecule has 0 aromatic heterocycles. The van der Waals surface area contributed by atoms with Gasteiger partial charge in [0.25, 0.3) is 0 Å². The van der Waals surface area contributed by atoms with Gasteiger partial charge in [0, 0.05) is 24.2 Å². The van der Waals surface area contributed by atoms with Gasteiger partial charge in [-0.25, -0.2) is 0 Å². The van der Waals surface area contributed by atoms with Crippen molar-refractivity contribution in [2.24, 2.45) is 5.92 Å². The minimum Gasteiger partial charge on any atom is -0.355 e. The highest BCUT2D eigenvalue weighted by Crippen LogP contribution is 2.48. The van der Waals surface area contributed by atoms with Crippen LogP contribution in [0.15, 0.2) is 48.5 Å². The van der Waals surface area contributed by atoms with Gasteiger partial charge in [-0.05, 0) is 112 Å². The van der Waals surface area contributed by atoms with E-state index in [0.29, 0.717) is 27.5 Å². The molecule has 4 rings (SSSR count). The van der Waals surface area contributed by atoms with Crippen LogP contribution in [0.2, 0.25) is 15.1 Å². The molecule has 2 aromatic rings. The first-order valence-corrected chi connectivity index (χ1v) is 15.2. The van der Waals surface area contributed by atoms with E-state index < -0.39 is 0 Å². The Morgan fingerprint density at radius 1 is 0.897 bits per heavy atom. The summed E-state index contributed by atoms with van der Waals surface area (Å²) in [5.41, 5.74) is 1.59. The van der Waals surface area contributed by atoms with Gasteiger partial charge in [-0.15, -0.1) is 0 Å². The number of amides is 2. The molecule has 1 saturated heterocycles. The monoisotopic (exact) mass is 589 g/mol. The highest BCUT2D eigenvalue weighted by atomic mass is 35.5. The van der Waals surface area contributed by atoms with Crippen LogP contribution in [-0.2, 0) is 15.0 Å². The van der Waals surface area contributed by atoms with E-state index in [1.54, 1.807) is 18.2 Å². The molecular weight excluding hydrogens is 553 g/mol. The quantitative estimate of drug-likeness (QED) is 0.197. The smallest absolute Gasteiger partial charge is 0.243 e. The largest absolute Gasteiger partial charge is 0.355 e. The third-order valence-corrected chi connectivity index (χ3v) is 8.94. The molecule has 2 fully saturated rings. The Balaban J connectivity index is 1.02. The molecule has 1 heterocycles. The molecule has 0 radical (unpaired) electrons. The van der Waals surface area contributed by atoms with Crippen molar-refractivity contribution in [3.05, 3.63) is 74.7 Å². The van der Waals surface area contributed by atoms with Crippen LogP contribution in [0.3, 0.4) is 0 Å². The maximum absolute atomic E-state index is 12.9. The fraction of sp³-hybridized carbons (Fsp3) is 0.484. The van der Waals surface area contributed by atoms with E-state index in [4.69, 9.17) is 34.8 Å². The number of unbranched alkanes of at least 4 members (excludes halogenated alkanes) is 2. The highest BCUT2D eigenvalue weighted by molar-refractivity contribution is 6.42. The molecule has 39 heavy (non-hydrogen) atoms. The van der Waals surface area contributed by atoms with Crippen LogP contribution < -0.4 is 10.6 Å². The molecule has 2 aromatic carbocycles. The second-order valence-electron chi connectivity index (χ2n) is 10.8. The molecule has 210 valence electrons. The van der Waals surface area contributed by atoms with E-state index in [9.17, 15) is 9.59 Å². The number of likely N-dealkylation sites (tertiary alicyclic amines) is 1. The van der Waals surface area contributed by atoms with E-state index in [-0.39, 0.29) is 17.2 Å². The van der Waals surface area contributed by atoms with Crippen molar-refractivity contribution in [1.82, 2.24) is 15.5 Å². The summed E-state index contributed by atoms with van der Waals surface area (Å²) < 4.78 is 0. The zero-order valence-electron chi connectivity index (χ0n) is 22.4. The predicted molar refractivity (Wildman–Crippen MR) is 162 cm³/mol. The first-order chi connectivity index (χ1) is 18.9. The molecule has 0 bridgehead atoms. The number of carbonyl (C=O) groups excluding carboxylic acids is 2. The van der Waals surface area contributed by atoms with Crippen LogP contribution in [0.1, 0.15) is 62.5 Å². The molecule has 1 aliphatic heterocycles. The van der Waals surface area contributed by atoms with E-state index in [2.05, 4.69) is 15.5 Å². The number of hydrogen-bond acceptors (Lipinski definition) is 3. The second-order valence-corrected chi connectivity index (χ2v) is 12.0. The number of hydrogen-bond donors (Lipinski definition) is 2. The van der Waals surface area contributed by atoms with Crippen molar-refractivity contribution >= 4 is 52.7 Å². The third kappa shape index (κ3) is 8.97. The molecule has 2 aliphatic rings. The van der Waals surface area contributed by atoms with E-state index >= 15 is 0 Å². The second kappa shape index (κ2) is 14.5. The minimum atomic E-state index is -0.334. The maximum atomic E-state index is 12.9. The first-order valence-electron chi connectivity index (χ1n) is 14.0. The van der Waals surface area contributed by atoms with Gasteiger partial charge in [-0.1, -0.05) is 59.4 Å². The van der Waals surface area contributed by atoms with Gasteiger partial charge in [-0.3, -0.25) is 9.59 Å². The molecule has 0 spiro atoms. The number of nitrogens with one attached hydrogen (secondary N) is 2. The van der Waals surface area contributed by atoms with Gasteiger partial charge in [-0.2, -0.15) is 0 Å². The van der Waals surface area contributed by atoms with Crippen molar-refractivity contribution < 1.29 is 9.59 Å². The Morgan fingerprint density at radius 3 is 2.33 bits per heavy atom. The maximum Gasteiger partial charge on any atom is 0.243 e. The van der Waals surface area contributed by atoms with Crippen molar-refractivity contribution in [3.8, 4) is 0 Å².